The van der Waals surface area contributed by atoms with Gasteiger partial charge in [0.25, 0.3) is 0 Å². The molecule has 0 amide bonds. The lowest BCUT2D eigenvalue weighted by atomic mass is 10.2. The predicted octanol–water partition coefficient (Wildman–Crippen LogP) is 2.79. The van der Waals surface area contributed by atoms with Crippen molar-refractivity contribution >= 4 is 23.9 Å². The third-order valence-corrected chi connectivity index (χ3v) is 2.54. The number of benzene rings is 1. The second-order valence-electron chi connectivity index (χ2n) is 3.83. The minimum Gasteiger partial charge on any atom is -0.488 e. The smallest absolute Gasteiger partial charge is 0.341 e. The number of aliphatic carboxylic acids is 1. The van der Waals surface area contributed by atoms with Crippen LogP contribution in [-0.2, 0) is 4.79 Å². The van der Waals surface area contributed by atoms with Crippen molar-refractivity contribution in [2.24, 2.45) is 0 Å². The van der Waals surface area contributed by atoms with Crippen molar-refractivity contribution in [2.45, 2.75) is 19.8 Å². The van der Waals surface area contributed by atoms with Crippen LogP contribution >= 0.6 is 11.6 Å². The van der Waals surface area contributed by atoms with Gasteiger partial charge in [-0.2, -0.15) is 0 Å². The predicted molar refractivity (Wildman–Crippen MR) is 70.4 cm³/mol. The molecule has 1 aromatic rings. The van der Waals surface area contributed by atoms with Crippen LogP contribution in [0.2, 0.25) is 5.02 Å². The molecule has 1 N–H and O–H groups in total. The lowest BCUT2D eigenvalue weighted by molar-refractivity contribution is -0.139. The summed E-state index contributed by atoms with van der Waals surface area (Å²) < 4.78 is 10.6. The third kappa shape index (κ3) is 4.79. The van der Waals surface area contributed by atoms with Crippen molar-refractivity contribution in [3.05, 3.63) is 22.7 Å². The van der Waals surface area contributed by atoms with Gasteiger partial charge in [-0.1, -0.05) is 24.9 Å². The van der Waals surface area contributed by atoms with Gasteiger partial charge in [0.2, 0.25) is 0 Å². The molecular formula is C13H15ClO5. The summed E-state index contributed by atoms with van der Waals surface area (Å²) in [7, 11) is 0. The normalized spacial score (nSPS) is 10.0. The summed E-state index contributed by atoms with van der Waals surface area (Å²) in [5.41, 5.74) is 0.299. The molecule has 0 aliphatic heterocycles. The van der Waals surface area contributed by atoms with Crippen LogP contribution in [0.5, 0.6) is 11.5 Å². The standard InChI is InChI=1S/C13H15ClO5/c1-2-3-4-18-13-10(14)5-9(7-15)6-11(13)19-8-12(16)17/h5-7H,2-4,8H2,1H3,(H,16,17). The molecule has 0 atom stereocenters. The summed E-state index contributed by atoms with van der Waals surface area (Å²) in [5, 5.41) is 8.83. The molecule has 0 radical (unpaired) electrons. The number of rotatable bonds is 8. The molecular weight excluding hydrogens is 272 g/mol. The minimum absolute atomic E-state index is 0.160. The SMILES string of the molecule is CCCCOc1c(Cl)cc(C=O)cc1OCC(=O)O. The lowest BCUT2D eigenvalue weighted by Gasteiger charge is -2.13. The van der Waals surface area contributed by atoms with Crippen molar-refractivity contribution < 1.29 is 24.2 Å². The van der Waals surface area contributed by atoms with E-state index in [-0.39, 0.29) is 16.5 Å². The van der Waals surface area contributed by atoms with Gasteiger partial charge in [-0.25, -0.2) is 4.79 Å². The zero-order valence-electron chi connectivity index (χ0n) is 10.5. The van der Waals surface area contributed by atoms with Crippen molar-refractivity contribution in [2.75, 3.05) is 13.2 Å². The van der Waals surface area contributed by atoms with Crippen LogP contribution in [0, 0.1) is 0 Å². The van der Waals surface area contributed by atoms with Gasteiger partial charge in [-0.15, -0.1) is 0 Å². The molecule has 0 aliphatic carbocycles. The summed E-state index contributed by atoms with van der Waals surface area (Å²) >= 11 is 6.00. The first-order chi connectivity index (χ1) is 9.08. The van der Waals surface area contributed by atoms with Crippen LogP contribution in [0.15, 0.2) is 12.1 Å². The van der Waals surface area contributed by atoms with Crippen LogP contribution in [0.25, 0.3) is 0 Å². The molecule has 0 spiro atoms. The number of aldehydes is 1. The van der Waals surface area contributed by atoms with E-state index in [1.807, 2.05) is 6.92 Å². The third-order valence-electron chi connectivity index (χ3n) is 2.26. The van der Waals surface area contributed by atoms with E-state index in [1.54, 1.807) is 0 Å². The maximum Gasteiger partial charge on any atom is 0.341 e. The van der Waals surface area contributed by atoms with Gasteiger partial charge < -0.3 is 14.6 Å². The van der Waals surface area contributed by atoms with Gasteiger partial charge >= 0.3 is 5.97 Å². The zero-order chi connectivity index (χ0) is 14.3. The van der Waals surface area contributed by atoms with Crippen LogP contribution in [0.4, 0.5) is 0 Å². The van der Waals surface area contributed by atoms with E-state index in [9.17, 15) is 9.59 Å². The van der Waals surface area contributed by atoms with Gasteiger partial charge in [-0.3, -0.25) is 4.79 Å². The van der Waals surface area contributed by atoms with E-state index in [4.69, 9.17) is 26.2 Å². The first kappa shape index (κ1) is 15.3. The Bertz CT molecular complexity index is 459. The second-order valence-corrected chi connectivity index (χ2v) is 4.24. The van der Waals surface area contributed by atoms with Gasteiger partial charge in [0, 0.05) is 5.56 Å². The summed E-state index contributed by atoms with van der Waals surface area (Å²) in [6.45, 7) is 1.94. The zero-order valence-corrected chi connectivity index (χ0v) is 11.3. The molecule has 1 aromatic carbocycles. The van der Waals surface area contributed by atoms with E-state index >= 15 is 0 Å². The Hall–Kier alpha value is -1.75. The Balaban J connectivity index is 2.95. The van der Waals surface area contributed by atoms with Gasteiger partial charge in [-0.05, 0) is 18.6 Å². The molecule has 0 unspecified atom stereocenters. The molecule has 0 heterocycles. The highest BCUT2D eigenvalue weighted by Gasteiger charge is 2.13. The van der Waals surface area contributed by atoms with E-state index in [0.29, 0.717) is 18.5 Å². The number of carbonyl (C=O) groups is 2. The Morgan fingerprint density at radius 2 is 2.16 bits per heavy atom. The molecule has 0 fully saturated rings. The Morgan fingerprint density at radius 1 is 1.42 bits per heavy atom. The van der Waals surface area contributed by atoms with Crippen molar-refractivity contribution in [1.82, 2.24) is 0 Å². The van der Waals surface area contributed by atoms with E-state index < -0.39 is 12.6 Å². The fourth-order valence-electron chi connectivity index (χ4n) is 1.36. The molecule has 0 bridgehead atoms. The average molecular weight is 287 g/mol. The lowest BCUT2D eigenvalue weighted by Crippen LogP contribution is -2.11. The number of hydrogen-bond acceptors (Lipinski definition) is 4. The van der Waals surface area contributed by atoms with Crippen LogP contribution in [0.3, 0.4) is 0 Å². The van der Waals surface area contributed by atoms with E-state index in [1.165, 1.54) is 12.1 Å². The van der Waals surface area contributed by atoms with Crippen LogP contribution in [0.1, 0.15) is 30.1 Å². The fraction of sp³-hybridized carbons (Fsp3) is 0.385. The number of carboxylic acids is 1. The molecule has 5 nitrogen and oxygen atoms in total. The van der Waals surface area contributed by atoms with Gasteiger partial charge in [0.15, 0.2) is 18.1 Å². The number of unbranched alkanes of at least 4 members (excludes halogenated alkanes) is 1. The highest BCUT2D eigenvalue weighted by atomic mass is 35.5. The Labute approximate surface area is 116 Å². The second kappa shape index (κ2) is 7.63. The largest absolute Gasteiger partial charge is 0.488 e. The summed E-state index contributed by atoms with van der Waals surface area (Å²) in [4.78, 5) is 21.3. The Morgan fingerprint density at radius 3 is 2.74 bits per heavy atom. The topological polar surface area (TPSA) is 72.8 Å². The van der Waals surface area contributed by atoms with Crippen LogP contribution < -0.4 is 9.47 Å². The van der Waals surface area contributed by atoms with E-state index in [2.05, 4.69) is 0 Å². The maximum atomic E-state index is 10.7. The monoisotopic (exact) mass is 286 g/mol. The molecule has 19 heavy (non-hydrogen) atoms. The highest BCUT2D eigenvalue weighted by Crippen LogP contribution is 2.36. The molecule has 0 aromatic heterocycles. The summed E-state index contributed by atoms with van der Waals surface area (Å²) in [5.74, 6) is -0.692. The highest BCUT2D eigenvalue weighted by molar-refractivity contribution is 6.32. The summed E-state index contributed by atoms with van der Waals surface area (Å²) in [6, 6.07) is 2.85. The molecule has 1 rings (SSSR count). The summed E-state index contributed by atoms with van der Waals surface area (Å²) in [6.07, 6.45) is 2.40. The quantitative estimate of drug-likeness (QED) is 0.587. The number of carboxylic acid groups (broad SMARTS) is 1. The Kier molecular flexibility index (Phi) is 6.15. The number of carbonyl (C=O) groups excluding carboxylic acids is 1. The molecule has 104 valence electrons. The maximum absolute atomic E-state index is 10.7. The molecule has 0 aliphatic rings. The average Bonchev–Trinajstić information content (AvgIpc) is 2.38. The molecule has 0 saturated heterocycles. The molecule has 0 saturated carbocycles. The van der Waals surface area contributed by atoms with E-state index in [0.717, 1.165) is 12.8 Å². The first-order valence-corrected chi connectivity index (χ1v) is 6.22. The van der Waals surface area contributed by atoms with Gasteiger partial charge in [0.1, 0.15) is 6.29 Å². The number of hydrogen-bond donors (Lipinski definition) is 1. The fourth-order valence-corrected chi connectivity index (χ4v) is 1.64. The number of halogens is 1. The minimum atomic E-state index is -1.12. The molecule has 6 heteroatoms. The van der Waals surface area contributed by atoms with Crippen molar-refractivity contribution in [1.29, 1.82) is 0 Å². The number of ether oxygens (including phenoxy) is 2. The van der Waals surface area contributed by atoms with Crippen LogP contribution in [-0.4, -0.2) is 30.6 Å². The first-order valence-electron chi connectivity index (χ1n) is 5.84. The van der Waals surface area contributed by atoms with Gasteiger partial charge in [0.05, 0.1) is 11.6 Å². The van der Waals surface area contributed by atoms with Crippen molar-refractivity contribution in [3.63, 3.8) is 0 Å². The van der Waals surface area contributed by atoms with Crippen molar-refractivity contribution in [3.8, 4) is 11.5 Å².